The number of rotatable bonds is 1. The van der Waals surface area contributed by atoms with Crippen molar-refractivity contribution < 1.29 is 19.4 Å². The van der Waals surface area contributed by atoms with Crippen LogP contribution >= 0.6 is 11.6 Å². The van der Waals surface area contributed by atoms with Gasteiger partial charge in [0.1, 0.15) is 6.10 Å². The molecule has 94 valence electrons. The fraction of sp³-hybridized carbons (Fsp3) is 0.909. The molecular weight excluding hydrogens is 232 g/mol. The highest BCUT2D eigenvalue weighted by molar-refractivity contribution is 6.18. The number of alkyl halides is 1. The first-order valence-corrected chi connectivity index (χ1v) is 6.31. The number of esters is 1. The van der Waals surface area contributed by atoms with E-state index in [1.165, 1.54) is 0 Å². The van der Waals surface area contributed by atoms with Crippen LogP contribution in [-0.4, -0.2) is 36.0 Å². The first kappa shape index (κ1) is 13.7. The third-order valence-corrected chi connectivity index (χ3v) is 2.88. The van der Waals surface area contributed by atoms with E-state index >= 15 is 0 Å². The van der Waals surface area contributed by atoms with Crippen LogP contribution in [0.3, 0.4) is 0 Å². The van der Waals surface area contributed by atoms with Gasteiger partial charge in [0.15, 0.2) is 6.29 Å². The van der Waals surface area contributed by atoms with Crippen LogP contribution in [0.4, 0.5) is 0 Å². The Morgan fingerprint density at radius 2 is 2.12 bits per heavy atom. The summed E-state index contributed by atoms with van der Waals surface area (Å²) in [6.07, 6.45) is 4.97. The minimum Gasteiger partial charge on any atom is -0.461 e. The summed E-state index contributed by atoms with van der Waals surface area (Å²) in [5, 5.41) is 8.69. The molecule has 0 saturated carbocycles. The fourth-order valence-electron chi connectivity index (χ4n) is 1.61. The fourth-order valence-corrected chi connectivity index (χ4v) is 1.83. The standard InChI is InChI=1S/C6H9ClO2.C5H10O2/c7-4-5-2-1-3-6(8)9-5;6-5-3-1-2-4-7-5/h5H,1-4H2;5-6H,1-4H2/t5-;/m0./s1. The predicted octanol–water partition coefficient (Wildman–Crippen LogP) is 1.83. The highest BCUT2D eigenvalue weighted by atomic mass is 35.5. The molecule has 2 heterocycles. The Balaban J connectivity index is 0.000000165. The molecule has 5 heteroatoms. The van der Waals surface area contributed by atoms with E-state index in [0.29, 0.717) is 12.3 Å². The molecule has 1 unspecified atom stereocenters. The number of cyclic esters (lactones) is 1. The average Bonchev–Trinajstić information content (AvgIpc) is 2.31. The van der Waals surface area contributed by atoms with Gasteiger partial charge in [0.2, 0.25) is 0 Å². The number of hydrogen-bond donors (Lipinski definition) is 1. The maximum atomic E-state index is 10.6. The minimum atomic E-state index is -0.464. The lowest BCUT2D eigenvalue weighted by atomic mass is 10.1. The molecule has 4 nitrogen and oxygen atoms in total. The predicted molar refractivity (Wildman–Crippen MR) is 60.3 cm³/mol. The van der Waals surface area contributed by atoms with Crippen LogP contribution in [0.2, 0.25) is 0 Å². The third kappa shape index (κ3) is 5.68. The second-order valence-corrected chi connectivity index (χ2v) is 4.29. The van der Waals surface area contributed by atoms with Crippen molar-refractivity contribution in [2.45, 2.75) is 50.9 Å². The summed E-state index contributed by atoms with van der Waals surface area (Å²) in [5.74, 6) is 0.332. The van der Waals surface area contributed by atoms with E-state index in [4.69, 9.17) is 26.2 Å². The molecule has 2 aliphatic heterocycles. The first-order valence-electron chi connectivity index (χ1n) is 5.77. The summed E-state index contributed by atoms with van der Waals surface area (Å²) in [6, 6.07) is 0. The summed E-state index contributed by atoms with van der Waals surface area (Å²) in [4.78, 5) is 10.6. The van der Waals surface area contributed by atoms with Crippen molar-refractivity contribution >= 4 is 17.6 Å². The highest BCUT2D eigenvalue weighted by Gasteiger charge is 2.18. The van der Waals surface area contributed by atoms with E-state index in [9.17, 15) is 4.79 Å². The molecule has 16 heavy (non-hydrogen) atoms. The molecular formula is C11H19ClO4. The zero-order chi connectivity index (χ0) is 11.8. The van der Waals surface area contributed by atoms with Crippen LogP contribution in [0.5, 0.6) is 0 Å². The molecule has 0 amide bonds. The number of aliphatic hydroxyl groups excluding tert-OH is 1. The van der Waals surface area contributed by atoms with Crippen LogP contribution in [0.15, 0.2) is 0 Å². The van der Waals surface area contributed by atoms with Crippen molar-refractivity contribution in [3.8, 4) is 0 Å². The Bertz CT molecular complexity index is 204. The molecule has 2 aliphatic rings. The lowest BCUT2D eigenvalue weighted by molar-refractivity contribution is -0.152. The van der Waals surface area contributed by atoms with E-state index in [0.717, 1.165) is 38.7 Å². The molecule has 0 aromatic carbocycles. The second-order valence-electron chi connectivity index (χ2n) is 3.98. The minimum absolute atomic E-state index is 0.0204. The Morgan fingerprint density at radius 3 is 2.50 bits per heavy atom. The monoisotopic (exact) mass is 250 g/mol. The van der Waals surface area contributed by atoms with Crippen molar-refractivity contribution in [1.82, 2.24) is 0 Å². The van der Waals surface area contributed by atoms with Gasteiger partial charge in [0.25, 0.3) is 0 Å². The Hall–Kier alpha value is -0.320. The molecule has 2 saturated heterocycles. The topological polar surface area (TPSA) is 55.8 Å². The maximum absolute atomic E-state index is 10.6. The third-order valence-electron chi connectivity index (χ3n) is 2.53. The number of halogens is 1. The molecule has 0 aromatic heterocycles. The van der Waals surface area contributed by atoms with Gasteiger partial charge in [-0.3, -0.25) is 4.79 Å². The summed E-state index contributed by atoms with van der Waals surface area (Å²) >= 11 is 5.47. The van der Waals surface area contributed by atoms with Crippen LogP contribution in [0.1, 0.15) is 38.5 Å². The van der Waals surface area contributed by atoms with Crippen molar-refractivity contribution in [3.63, 3.8) is 0 Å². The van der Waals surface area contributed by atoms with Gasteiger partial charge >= 0.3 is 5.97 Å². The normalized spacial score (nSPS) is 30.0. The van der Waals surface area contributed by atoms with Gasteiger partial charge in [0.05, 0.1) is 5.88 Å². The highest BCUT2D eigenvalue weighted by Crippen LogP contribution is 2.14. The number of carbonyl (C=O) groups excluding carboxylic acids is 1. The van der Waals surface area contributed by atoms with Gasteiger partial charge in [-0.15, -0.1) is 11.6 Å². The molecule has 2 fully saturated rings. The van der Waals surface area contributed by atoms with Gasteiger partial charge in [0, 0.05) is 13.0 Å². The number of ether oxygens (including phenoxy) is 2. The van der Waals surface area contributed by atoms with E-state index in [2.05, 4.69) is 0 Å². The first-order chi connectivity index (χ1) is 7.72. The van der Waals surface area contributed by atoms with E-state index in [1.807, 2.05) is 0 Å². The summed E-state index contributed by atoms with van der Waals surface area (Å²) in [5.41, 5.74) is 0. The summed E-state index contributed by atoms with van der Waals surface area (Å²) in [6.45, 7) is 0.737. The molecule has 0 spiro atoms. The van der Waals surface area contributed by atoms with Crippen molar-refractivity contribution in [2.75, 3.05) is 12.5 Å². The molecule has 0 aliphatic carbocycles. The van der Waals surface area contributed by atoms with Crippen LogP contribution in [0, 0.1) is 0 Å². The van der Waals surface area contributed by atoms with Crippen LogP contribution < -0.4 is 0 Å². The van der Waals surface area contributed by atoms with Gasteiger partial charge in [-0.25, -0.2) is 0 Å². The zero-order valence-electron chi connectivity index (χ0n) is 9.36. The zero-order valence-corrected chi connectivity index (χ0v) is 10.1. The van der Waals surface area contributed by atoms with Gasteiger partial charge in [-0.1, -0.05) is 0 Å². The van der Waals surface area contributed by atoms with Crippen LogP contribution in [0.25, 0.3) is 0 Å². The smallest absolute Gasteiger partial charge is 0.306 e. The van der Waals surface area contributed by atoms with Gasteiger partial charge < -0.3 is 14.6 Å². The molecule has 0 radical (unpaired) electrons. The van der Waals surface area contributed by atoms with E-state index in [1.54, 1.807) is 0 Å². The average molecular weight is 251 g/mol. The molecule has 0 aromatic rings. The molecule has 0 bridgehead atoms. The van der Waals surface area contributed by atoms with Crippen molar-refractivity contribution in [3.05, 3.63) is 0 Å². The Labute approximate surface area is 101 Å². The van der Waals surface area contributed by atoms with E-state index in [-0.39, 0.29) is 12.1 Å². The second kappa shape index (κ2) is 7.87. The molecule has 2 atom stereocenters. The van der Waals surface area contributed by atoms with Gasteiger partial charge in [-0.2, -0.15) is 0 Å². The summed E-state index contributed by atoms with van der Waals surface area (Å²) in [7, 11) is 0. The Morgan fingerprint density at radius 1 is 1.31 bits per heavy atom. The van der Waals surface area contributed by atoms with Crippen molar-refractivity contribution in [1.29, 1.82) is 0 Å². The Kier molecular flexibility index (Phi) is 6.76. The molecule has 1 N–H and O–H groups in total. The number of aliphatic hydroxyl groups is 1. The lowest BCUT2D eigenvalue weighted by Crippen LogP contribution is -2.24. The van der Waals surface area contributed by atoms with Crippen LogP contribution in [-0.2, 0) is 14.3 Å². The van der Waals surface area contributed by atoms with Gasteiger partial charge in [-0.05, 0) is 32.1 Å². The largest absolute Gasteiger partial charge is 0.461 e. The number of carbonyl (C=O) groups is 1. The lowest BCUT2D eigenvalue weighted by Gasteiger charge is -2.19. The SMILES string of the molecule is O=C1CCC[C@@H](CCl)O1.OC1CCCCO1. The van der Waals surface area contributed by atoms with Crippen molar-refractivity contribution in [2.24, 2.45) is 0 Å². The maximum Gasteiger partial charge on any atom is 0.306 e. The quantitative estimate of drug-likeness (QED) is 0.570. The summed E-state index contributed by atoms with van der Waals surface area (Å²) < 4.78 is 9.70. The van der Waals surface area contributed by atoms with E-state index < -0.39 is 6.29 Å². The number of hydrogen-bond acceptors (Lipinski definition) is 4. The molecule has 2 rings (SSSR count).